The molecule has 1 aromatic rings. The summed E-state index contributed by atoms with van der Waals surface area (Å²) in [5.74, 6) is 1.55. The molecule has 24 heavy (non-hydrogen) atoms. The van der Waals surface area contributed by atoms with E-state index in [4.69, 9.17) is 14.2 Å². The molecule has 0 radical (unpaired) electrons. The maximum absolute atomic E-state index is 10.3. The number of likely N-dealkylation sites (tertiary alicyclic amines) is 1. The Hall–Kier alpha value is -1.30. The molecule has 0 spiro atoms. The molecule has 0 unspecified atom stereocenters. The summed E-state index contributed by atoms with van der Waals surface area (Å²) in [5, 5.41) is 10.3. The van der Waals surface area contributed by atoms with Crippen molar-refractivity contribution in [3.05, 3.63) is 24.3 Å². The highest BCUT2D eigenvalue weighted by Gasteiger charge is 2.30. The Balaban J connectivity index is 1.39. The fraction of sp³-hybridized carbons (Fsp3) is 0.684. The lowest BCUT2D eigenvalue weighted by atomic mass is 9.97. The molecular formula is C19H30NO4+. The highest BCUT2D eigenvalue weighted by Crippen LogP contribution is 2.30. The van der Waals surface area contributed by atoms with E-state index >= 15 is 0 Å². The molecule has 0 saturated carbocycles. The van der Waals surface area contributed by atoms with E-state index in [1.807, 2.05) is 24.3 Å². The summed E-state index contributed by atoms with van der Waals surface area (Å²) < 4.78 is 17.2. The van der Waals surface area contributed by atoms with Crippen molar-refractivity contribution in [2.45, 2.75) is 57.4 Å². The van der Waals surface area contributed by atoms with Crippen LogP contribution in [-0.4, -0.2) is 55.8 Å². The van der Waals surface area contributed by atoms with Crippen LogP contribution in [0.1, 0.15) is 33.1 Å². The van der Waals surface area contributed by atoms with Crippen LogP contribution in [0.25, 0.3) is 0 Å². The Labute approximate surface area is 144 Å². The number of fused-ring (bicyclic) bond motifs is 1. The van der Waals surface area contributed by atoms with Gasteiger partial charge in [-0.05, 0) is 45.2 Å². The van der Waals surface area contributed by atoms with Gasteiger partial charge in [0.2, 0.25) is 0 Å². The summed E-state index contributed by atoms with van der Waals surface area (Å²) in [6.07, 6.45) is 3.26. The SMILES string of the molecule is C[C@H]1CCC[C@H](C)[NH+]1C[C@H](O)COC[C@@H]1COc2ccccc2O1. The van der Waals surface area contributed by atoms with Gasteiger partial charge in [0.25, 0.3) is 0 Å². The Morgan fingerprint density at radius 3 is 2.67 bits per heavy atom. The van der Waals surface area contributed by atoms with Crippen LogP contribution < -0.4 is 14.4 Å². The smallest absolute Gasteiger partial charge is 0.161 e. The van der Waals surface area contributed by atoms with Gasteiger partial charge >= 0.3 is 0 Å². The van der Waals surface area contributed by atoms with E-state index in [1.54, 1.807) is 0 Å². The Morgan fingerprint density at radius 2 is 1.92 bits per heavy atom. The molecule has 5 heteroatoms. The molecule has 0 bridgehead atoms. The largest absolute Gasteiger partial charge is 0.486 e. The standard InChI is InChI=1S/C19H29NO4/c1-14-6-5-7-15(2)20(14)10-16(21)11-22-12-17-13-23-18-8-3-4-9-19(18)24-17/h3-4,8-9,14-17,21H,5-7,10-13H2,1-2H3/p+1/t14-,15-,16-,17+/m0/s1. The minimum atomic E-state index is -0.431. The number of hydrogen-bond donors (Lipinski definition) is 2. The van der Waals surface area contributed by atoms with Crippen molar-refractivity contribution in [2.24, 2.45) is 0 Å². The number of rotatable bonds is 6. The lowest BCUT2D eigenvalue weighted by molar-refractivity contribution is -0.954. The van der Waals surface area contributed by atoms with Crippen LogP contribution >= 0.6 is 0 Å². The van der Waals surface area contributed by atoms with Crippen LogP contribution in [0.5, 0.6) is 11.5 Å². The highest BCUT2D eigenvalue weighted by atomic mass is 16.6. The average molecular weight is 336 g/mol. The number of para-hydroxylation sites is 2. The zero-order chi connectivity index (χ0) is 16.9. The third-order valence-electron chi connectivity index (χ3n) is 5.19. The minimum absolute atomic E-state index is 0.118. The first-order valence-electron chi connectivity index (χ1n) is 9.13. The third kappa shape index (κ3) is 4.41. The predicted molar refractivity (Wildman–Crippen MR) is 91.8 cm³/mol. The van der Waals surface area contributed by atoms with Gasteiger partial charge in [0.05, 0.1) is 25.3 Å². The molecule has 134 valence electrons. The monoisotopic (exact) mass is 336 g/mol. The van der Waals surface area contributed by atoms with Gasteiger partial charge in [-0.3, -0.25) is 0 Å². The second-order valence-electron chi connectivity index (χ2n) is 7.20. The topological polar surface area (TPSA) is 52.4 Å². The quantitative estimate of drug-likeness (QED) is 0.815. The molecule has 0 amide bonds. The van der Waals surface area contributed by atoms with E-state index in [9.17, 15) is 5.11 Å². The molecule has 2 heterocycles. The lowest BCUT2D eigenvalue weighted by Gasteiger charge is -2.36. The summed E-state index contributed by atoms with van der Waals surface area (Å²) in [6, 6.07) is 8.91. The van der Waals surface area contributed by atoms with E-state index in [1.165, 1.54) is 24.2 Å². The molecule has 0 aliphatic carbocycles. The summed E-state index contributed by atoms with van der Waals surface area (Å²) >= 11 is 0. The molecule has 3 rings (SSSR count). The first-order valence-corrected chi connectivity index (χ1v) is 9.13. The van der Waals surface area contributed by atoms with Crippen LogP contribution in [0.2, 0.25) is 0 Å². The fourth-order valence-corrected chi connectivity index (χ4v) is 3.80. The van der Waals surface area contributed by atoms with Crippen molar-refractivity contribution in [2.75, 3.05) is 26.4 Å². The van der Waals surface area contributed by atoms with Crippen LogP contribution in [0.15, 0.2) is 24.3 Å². The van der Waals surface area contributed by atoms with Gasteiger partial charge in [-0.2, -0.15) is 0 Å². The van der Waals surface area contributed by atoms with E-state index < -0.39 is 6.10 Å². The zero-order valence-corrected chi connectivity index (χ0v) is 14.7. The normalized spacial score (nSPS) is 28.5. The van der Waals surface area contributed by atoms with Gasteiger partial charge in [-0.25, -0.2) is 0 Å². The van der Waals surface area contributed by atoms with Crippen molar-refractivity contribution in [1.29, 1.82) is 0 Å². The number of quaternary nitrogens is 1. The van der Waals surface area contributed by atoms with Gasteiger partial charge < -0.3 is 24.2 Å². The number of nitrogens with one attached hydrogen (secondary N) is 1. The van der Waals surface area contributed by atoms with Crippen molar-refractivity contribution in [3.63, 3.8) is 0 Å². The minimum Gasteiger partial charge on any atom is -0.486 e. The van der Waals surface area contributed by atoms with Crippen molar-refractivity contribution < 1.29 is 24.2 Å². The van der Waals surface area contributed by atoms with E-state index in [-0.39, 0.29) is 6.10 Å². The fourth-order valence-electron chi connectivity index (χ4n) is 3.80. The van der Waals surface area contributed by atoms with Crippen LogP contribution in [0.4, 0.5) is 0 Å². The number of benzene rings is 1. The number of hydrogen-bond acceptors (Lipinski definition) is 4. The van der Waals surface area contributed by atoms with Gasteiger partial charge in [0.1, 0.15) is 19.3 Å². The molecule has 1 fully saturated rings. The molecule has 0 aromatic heterocycles. The Bertz CT molecular complexity index is 514. The third-order valence-corrected chi connectivity index (χ3v) is 5.19. The summed E-state index contributed by atoms with van der Waals surface area (Å²) in [5.41, 5.74) is 0. The molecule has 2 N–H and O–H groups in total. The molecule has 2 aliphatic heterocycles. The number of piperidine rings is 1. The maximum Gasteiger partial charge on any atom is 0.161 e. The molecule has 5 nitrogen and oxygen atoms in total. The van der Waals surface area contributed by atoms with Gasteiger partial charge in [-0.1, -0.05) is 12.1 Å². The van der Waals surface area contributed by atoms with Gasteiger partial charge in [0, 0.05) is 0 Å². The van der Waals surface area contributed by atoms with Crippen molar-refractivity contribution in [3.8, 4) is 11.5 Å². The number of aliphatic hydroxyl groups is 1. The molecular weight excluding hydrogens is 306 g/mol. The van der Waals surface area contributed by atoms with E-state index in [0.717, 1.165) is 18.0 Å². The predicted octanol–water partition coefficient (Wildman–Crippen LogP) is 1.05. The van der Waals surface area contributed by atoms with Crippen molar-refractivity contribution in [1.82, 2.24) is 0 Å². The molecule has 4 atom stereocenters. The van der Waals surface area contributed by atoms with Crippen LogP contribution in [0, 0.1) is 0 Å². The summed E-state index contributed by atoms with van der Waals surface area (Å²) in [4.78, 5) is 1.50. The highest BCUT2D eigenvalue weighted by molar-refractivity contribution is 5.40. The van der Waals surface area contributed by atoms with Crippen LogP contribution in [0.3, 0.4) is 0 Å². The molecule has 1 aromatic carbocycles. The summed E-state index contributed by atoms with van der Waals surface area (Å²) in [6.45, 7) is 6.59. The Kier molecular flexibility index (Phi) is 5.98. The second kappa shape index (κ2) is 8.19. The Morgan fingerprint density at radius 1 is 1.21 bits per heavy atom. The number of ether oxygens (including phenoxy) is 3. The van der Waals surface area contributed by atoms with Crippen LogP contribution in [-0.2, 0) is 4.74 Å². The molecule has 2 aliphatic rings. The zero-order valence-electron chi connectivity index (χ0n) is 14.7. The second-order valence-corrected chi connectivity index (χ2v) is 7.20. The van der Waals surface area contributed by atoms with Crippen molar-refractivity contribution >= 4 is 0 Å². The average Bonchev–Trinajstić information content (AvgIpc) is 2.58. The van der Waals surface area contributed by atoms with E-state index in [2.05, 4.69) is 13.8 Å². The van der Waals surface area contributed by atoms with E-state index in [0.29, 0.717) is 31.9 Å². The summed E-state index contributed by atoms with van der Waals surface area (Å²) in [7, 11) is 0. The lowest BCUT2D eigenvalue weighted by Crippen LogP contribution is -3.20. The molecule has 1 saturated heterocycles. The van der Waals surface area contributed by atoms with Gasteiger partial charge in [-0.15, -0.1) is 0 Å². The van der Waals surface area contributed by atoms with Gasteiger partial charge in [0.15, 0.2) is 17.6 Å². The first kappa shape index (κ1) is 17.5. The number of aliphatic hydroxyl groups excluding tert-OH is 1. The maximum atomic E-state index is 10.3. The first-order chi connectivity index (χ1) is 11.6.